The lowest BCUT2D eigenvalue weighted by Crippen LogP contribution is -2.20. The summed E-state index contributed by atoms with van der Waals surface area (Å²) in [5.74, 6) is 4.04. The first-order valence-electron chi connectivity index (χ1n) is 7.55. The maximum Gasteiger partial charge on any atom is 0.0409 e. The predicted molar refractivity (Wildman–Crippen MR) is 87.0 cm³/mol. The van der Waals surface area contributed by atoms with Gasteiger partial charge in [-0.1, -0.05) is 44.5 Å². The minimum Gasteiger partial charge on any atom is -0.312 e. The van der Waals surface area contributed by atoms with E-state index >= 15 is 0 Å². The van der Waals surface area contributed by atoms with Gasteiger partial charge in [0.2, 0.25) is 0 Å². The fraction of sp³-hybridized carbons (Fsp3) is 0.647. The smallest absolute Gasteiger partial charge is 0.0409 e. The van der Waals surface area contributed by atoms with Crippen LogP contribution in [0.4, 0.5) is 0 Å². The summed E-state index contributed by atoms with van der Waals surface area (Å²) in [5, 5.41) is 3.47. The van der Waals surface area contributed by atoms with Crippen LogP contribution >= 0.6 is 11.8 Å². The standard InChI is InChI=1S/C17H27NS/c1-13(2)11-19-12-17(18-3)16-9-5-8-15(10-16)14-6-4-7-14/h5,8-10,13-14,17-18H,4,6-7,11-12H2,1-3H3. The molecule has 0 saturated heterocycles. The van der Waals surface area contributed by atoms with E-state index in [1.54, 1.807) is 5.56 Å². The van der Waals surface area contributed by atoms with E-state index in [1.807, 2.05) is 0 Å². The van der Waals surface area contributed by atoms with Crippen LogP contribution in [0.15, 0.2) is 24.3 Å². The molecule has 1 nitrogen and oxygen atoms in total. The molecule has 2 heteroatoms. The van der Waals surface area contributed by atoms with Gasteiger partial charge in [-0.25, -0.2) is 0 Å². The summed E-state index contributed by atoms with van der Waals surface area (Å²) in [4.78, 5) is 0. The van der Waals surface area contributed by atoms with Gasteiger partial charge in [-0.3, -0.25) is 0 Å². The summed E-state index contributed by atoms with van der Waals surface area (Å²) >= 11 is 2.06. The van der Waals surface area contributed by atoms with Gasteiger partial charge in [-0.2, -0.15) is 11.8 Å². The van der Waals surface area contributed by atoms with Gasteiger partial charge in [0.15, 0.2) is 0 Å². The highest BCUT2D eigenvalue weighted by Crippen LogP contribution is 2.37. The molecular weight excluding hydrogens is 250 g/mol. The van der Waals surface area contributed by atoms with Gasteiger partial charge < -0.3 is 5.32 Å². The van der Waals surface area contributed by atoms with Gasteiger partial charge in [0.05, 0.1) is 0 Å². The molecule has 0 bridgehead atoms. The average molecular weight is 277 g/mol. The average Bonchev–Trinajstić information content (AvgIpc) is 2.32. The van der Waals surface area contributed by atoms with Crippen molar-refractivity contribution < 1.29 is 0 Å². The fourth-order valence-electron chi connectivity index (χ4n) is 2.54. The van der Waals surface area contributed by atoms with E-state index in [9.17, 15) is 0 Å². The molecule has 1 aliphatic carbocycles. The van der Waals surface area contributed by atoms with E-state index in [1.165, 1.54) is 36.3 Å². The van der Waals surface area contributed by atoms with Crippen LogP contribution in [0.2, 0.25) is 0 Å². The largest absolute Gasteiger partial charge is 0.312 e. The second-order valence-electron chi connectivity index (χ2n) is 6.07. The van der Waals surface area contributed by atoms with Crippen molar-refractivity contribution in [3.05, 3.63) is 35.4 Å². The summed E-state index contributed by atoms with van der Waals surface area (Å²) in [6, 6.07) is 9.74. The molecule has 1 fully saturated rings. The van der Waals surface area contributed by atoms with Crippen molar-refractivity contribution in [2.45, 2.75) is 45.1 Å². The SMILES string of the molecule is CNC(CSCC(C)C)c1cccc(C2CCC2)c1. The molecule has 1 aliphatic rings. The lowest BCUT2D eigenvalue weighted by atomic mass is 9.79. The van der Waals surface area contributed by atoms with Gasteiger partial charge in [0.25, 0.3) is 0 Å². The van der Waals surface area contributed by atoms with Crippen molar-refractivity contribution in [1.82, 2.24) is 5.32 Å². The van der Waals surface area contributed by atoms with Crippen molar-refractivity contribution in [3.63, 3.8) is 0 Å². The van der Waals surface area contributed by atoms with Crippen LogP contribution in [0, 0.1) is 5.92 Å². The van der Waals surface area contributed by atoms with E-state index < -0.39 is 0 Å². The number of nitrogens with one attached hydrogen (secondary N) is 1. The van der Waals surface area contributed by atoms with Crippen molar-refractivity contribution in [3.8, 4) is 0 Å². The number of rotatable bonds is 7. The Hall–Kier alpha value is -0.470. The molecule has 19 heavy (non-hydrogen) atoms. The topological polar surface area (TPSA) is 12.0 Å². The molecule has 1 saturated carbocycles. The highest BCUT2D eigenvalue weighted by molar-refractivity contribution is 7.99. The van der Waals surface area contributed by atoms with Crippen LogP contribution in [-0.4, -0.2) is 18.6 Å². The Labute approximate surface area is 122 Å². The van der Waals surface area contributed by atoms with Crippen LogP contribution in [0.1, 0.15) is 56.2 Å². The Balaban J connectivity index is 1.96. The highest BCUT2D eigenvalue weighted by atomic mass is 32.2. The summed E-state index contributed by atoms with van der Waals surface area (Å²) < 4.78 is 0. The summed E-state index contributed by atoms with van der Waals surface area (Å²) in [7, 11) is 2.08. The molecule has 0 aliphatic heterocycles. The third-order valence-electron chi connectivity index (χ3n) is 3.97. The molecule has 1 aromatic carbocycles. The minimum atomic E-state index is 0.490. The van der Waals surface area contributed by atoms with Gasteiger partial charge in [-0.05, 0) is 48.6 Å². The third kappa shape index (κ3) is 4.25. The van der Waals surface area contributed by atoms with E-state index in [0.717, 1.165) is 11.8 Å². The van der Waals surface area contributed by atoms with Crippen LogP contribution < -0.4 is 5.32 Å². The third-order valence-corrected chi connectivity index (χ3v) is 5.45. The molecule has 1 N–H and O–H groups in total. The molecule has 1 atom stereocenters. The maximum atomic E-state index is 3.47. The molecule has 106 valence electrons. The van der Waals surface area contributed by atoms with Crippen LogP contribution in [0.3, 0.4) is 0 Å². The van der Waals surface area contributed by atoms with Crippen molar-refractivity contribution in [2.75, 3.05) is 18.6 Å². The lowest BCUT2D eigenvalue weighted by molar-refractivity contribution is 0.419. The number of benzene rings is 1. The van der Waals surface area contributed by atoms with Gasteiger partial charge in [0.1, 0.15) is 0 Å². The van der Waals surface area contributed by atoms with Crippen molar-refractivity contribution in [2.24, 2.45) is 5.92 Å². The van der Waals surface area contributed by atoms with Crippen LogP contribution in [0.25, 0.3) is 0 Å². The number of thioether (sulfide) groups is 1. The number of hydrogen-bond acceptors (Lipinski definition) is 2. The molecule has 0 heterocycles. The van der Waals surface area contributed by atoms with Crippen LogP contribution in [0.5, 0.6) is 0 Å². The van der Waals surface area contributed by atoms with E-state index in [0.29, 0.717) is 6.04 Å². The van der Waals surface area contributed by atoms with E-state index in [-0.39, 0.29) is 0 Å². The van der Waals surface area contributed by atoms with Gasteiger partial charge in [-0.15, -0.1) is 0 Å². The Kier molecular flexibility index (Phi) is 5.77. The number of hydrogen-bond donors (Lipinski definition) is 1. The zero-order valence-electron chi connectivity index (χ0n) is 12.5. The first kappa shape index (κ1) is 14.9. The summed E-state index contributed by atoms with van der Waals surface area (Å²) in [6.07, 6.45) is 4.18. The zero-order valence-corrected chi connectivity index (χ0v) is 13.3. The Morgan fingerprint density at radius 3 is 2.63 bits per heavy atom. The monoisotopic (exact) mass is 277 g/mol. The van der Waals surface area contributed by atoms with Crippen molar-refractivity contribution in [1.29, 1.82) is 0 Å². The fourth-order valence-corrected chi connectivity index (χ4v) is 3.74. The molecule has 0 radical (unpaired) electrons. The molecule has 1 aromatic rings. The Morgan fingerprint density at radius 2 is 2.05 bits per heavy atom. The quantitative estimate of drug-likeness (QED) is 0.781. The van der Waals surface area contributed by atoms with Gasteiger partial charge >= 0.3 is 0 Å². The lowest BCUT2D eigenvalue weighted by Gasteiger charge is -2.27. The zero-order chi connectivity index (χ0) is 13.7. The normalized spacial score (nSPS) is 17.5. The van der Waals surface area contributed by atoms with E-state index in [4.69, 9.17) is 0 Å². The first-order valence-corrected chi connectivity index (χ1v) is 8.71. The molecule has 0 spiro atoms. The molecule has 1 unspecified atom stereocenters. The molecule has 0 amide bonds. The van der Waals surface area contributed by atoms with Crippen molar-refractivity contribution >= 4 is 11.8 Å². The molecular formula is C17H27NS. The maximum absolute atomic E-state index is 3.47. The summed E-state index contributed by atoms with van der Waals surface area (Å²) in [5.41, 5.74) is 3.01. The van der Waals surface area contributed by atoms with Gasteiger partial charge in [0, 0.05) is 11.8 Å². The molecule has 0 aromatic heterocycles. The first-order chi connectivity index (χ1) is 9.20. The minimum absolute atomic E-state index is 0.490. The predicted octanol–water partition coefficient (Wildman–Crippen LogP) is 4.60. The summed E-state index contributed by atoms with van der Waals surface area (Å²) in [6.45, 7) is 4.58. The Bertz CT molecular complexity index is 385. The van der Waals surface area contributed by atoms with E-state index in [2.05, 4.69) is 62.2 Å². The van der Waals surface area contributed by atoms with Crippen LogP contribution in [-0.2, 0) is 0 Å². The Morgan fingerprint density at radius 1 is 1.26 bits per heavy atom. The highest BCUT2D eigenvalue weighted by Gasteiger charge is 2.20. The second kappa shape index (κ2) is 7.35. The second-order valence-corrected chi connectivity index (χ2v) is 7.15. The molecule has 2 rings (SSSR count).